The lowest BCUT2D eigenvalue weighted by atomic mass is 10.1. The van der Waals surface area contributed by atoms with Crippen molar-refractivity contribution in [2.75, 3.05) is 14.2 Å². The van der Waals surface area contributed by atoms with Crippen molar-refractivity contribution in [3.8, 4) is 0 Å². The smallest absolute Gasteiger partial charge is 0.157 e. The molecule has 112 valence electrons. The minimum Gasteiger partial charge on any atom is -0.501 e. The molecule has 0 aromatic carbocycles. The molecule has 0 amide bonds. The Kier molecular flexibility index (Phi) is 4.85. The van der Waals surface area contributed by atoms with E-state index in [-0.39, 0.29) is 0 Å². The van der Waals surface area contributed by atoms with Crippen LogP contribution in [0.3, 0.4) is 0 Å². The summed E-state index contributed by atoms with van der Waals surface area (Å²) in [6.07, 6.45) is 4.48. The summed E-state index contributed by atoms with van der Waals surface area (Å²) >= 11 is 6.26. The molecule has 5 nitrogen and oxygen atoms in total. The maximum Gasteiger partial charge on any atom is 0.157 e. The topological polar surface area (TPSA) is 48.7 Å². The summed E-state index contributed by atoms with van der Waals surface area (Å²) in [5.74, 6) is 1.42. The Morgan fingerprint density at radius 2 is 2.14 bits per heavy atom. The first-order valence-electron chi connectivity index (χ1n) is 6.62. The van der Waals surface area contributed by atoms with Crippen LogP contribution in [0.25, 0.3) is 11.2 Å². The zero-order chi connectivity index (χ0) is 15.4. The third-order valence-electron chi connectivity index (χ3n) is 3.09. The lowest BCUT2D eigenvalue weighted by Crippen LogP contribution is -2.03. The monoisotopic (exact) mass is 307 g/mol. The molecule has 0 aliphatic carbocycles. The molecule has 2 heterocycles. The van der Waals surface area contributed by atoms with Crippen molar-refractivity contribution in [2.24, 2.45) is 0 Å². The molecular weight excluding hydrogens is 290 g/mol. The van der Waals surface area contributed by atoms with Gasteiger partial charge >= 0.3 is 0 Å². The van der Waals surface area contributed by atoms with Gasteiger partial charge in [0.2, 0.25) is 0 Å². The molecule has 0 aliphatic heterocycles. The molecule has 0 bridgehead atoms. The number of aromatic nitrogens is 3. The molecule has 0 atom stereocenters. The molecule has 2 aromatic heterocycles. The van der Waals surface area contributed by atoms with E-state index in [1.807, 2.05) is 19.9 Å². The van der Waals surface area contributed by atoms with Gasteiger partial charge in [-0.1, -0.05) is 18.5 Å². The fraction of sp³-hybridized carbons (Fsp3) is 0.333. The Bertz CT molecular complexity index is 704. The number of allylic oxidation sites excluding steroid dienone is 3. The molecule has 0 aliphatic rings. The molecule has 2 aromatic rings. The van der Waals surface area contributed by atoms with E-state index < -0.39 is 0 Å². The first-order chi connectivity index (χ1) is 10.1. The first-order valence-corrected chi connectivity index (χ1v) is 7.00. The number of halogens is 1. The van der Waals surface area contributed by atoms with Crippen molar-refractivity contribution in [1.82, 2.24) is 14.6 Å². The van der Waals surface area contributed by atoms with E-state index in [1.54, 1.807) is 37.1 Å². The Hall–Kier alpha value is -2.01. The highest BCUT2D eigenvalue weighted by Crippen LogP contribution is 2.28. The van der Waals surface area contributed by atoms with Gasteiger partial charge in [-0.2, -0.15) is 5.10 Å². The largest absolute Gasteiger partial charge is 0.501 e. The zero-order valence-corrected chi connectivity index (χ0v) is 13.3. The van der Waals surface area contributed by atoms with Crippen LogP contribution in [-0.2, 0) is 9.47 Å². The molecule has 6 heteroatoms. The van der Waals surface area contributed by atoms with Crippen LogP contribution in [0.4, 0.5) is 0 Å². The Morgan fingerprint density at radius 3 is 2.76 bits per heavy atom. The molecule has 2 rings (SSSR count). The highest BCUT2D eigenvalue weighted by atomic mass is 35.5. The summed E-state index contributed by atoms with van der Waals surface area (Å²) in [7, 11) is 3.25. The van der Waals surface area contributed by atoms with Gasteiger partial charge in [0.15, 0.2) is 5.65 Å². The van der Waals surface area contributed by atoms with E-state index in [0.29, 0.717) is 28.0 Å². The number of hydrogen-bond acceptors (Lipinski definition) is 4. The van der Waals surface area contributed by atoms with E-state index in [9.17, 15) is 0 Å². The second-order valence-corrected chi connectivity index (χ2v) is 4.77. The van der Waals surface area contributed by atoms with E-state index >= 15 is 0 Å². The summed E-state index contributed by atoms with van der Waals surface area (Å²) in [5, 5.41) is 4.59. The van der Waals surface area contributed by atoms with Gasteiger partial charge in [-0.15, -0.1) is 0 Å². The van der Waals surface area contributed by atoms with Crippen molar-refractivity contribution in [1.29, 1.82) is 0 Å². The predicted molar refractivity (Wildman–Crippen MR) is 83.0 cm³/mol. The molecule has 0 saturated heterocycles. The lowest BCUT2D eigenvalue weighted by Gasteiger charge is -2.14. The fourth-order valence-corrected chi connectivity index (χ4v) is 2.29. The van der Waals surface area contributed by atoms with Crippen molar-refractivity contribution < 1.29 is 9.47 Å². The molecule has 0 N–H and O–H groups in total. The van der Waals surface area contributed by atoms with Gasteiger partial charge in [-0.25, -0.2) is 9.50 Å². The van der Waals surface area contributed by atoms with Crippen molar-refractivity contribution >= 4 is 22.8 Å². The summed E-state index contributed by atoms with van der Waals surface area (Å²) in [6, 6.07) is 3.55. The van der Waals surface area contributed by atoms with Crippen molar-refractivity contribution in [3.05, 3.63) is 46.8 Å². The van der Waals surface area contributed by atoms with Crippen LogP contribution in [0, 0.1) is 0 Å². The van der Waals surface area contributed by atoms with Gasteiger partial charge < -0.3 is 9.47 Å². The number of ether oxygens (including phenoxy) is 2. The third-order valence-corrected chi connectivity index (χ3v) is 3.36. The maximum atomic E-state index is 6.26. The number of nitrogens with zero attached hydrogens (tertiary/aromatic N) is 3. The first kappa shape index (κ1) is 15.4. The van der Waals surface area contributed by atoms with Gasteiger partial charge in [0.05, 0.1) is 31.7 Å². The predicted octanol–water partition coefficient (Wildman–Crippen LogP) is 3.70. The summed E-state index contributed by atoms with van der Waals surface area (Å²) < 4.78 is 12.4. The second-order valence-electron chi connectivity index (χ2n) is 4.38. The molecule has 0 radical (unpaired) electrons. The standard InChI is InChI=1S/C15H18ClN3O2/c1-5-6-12(21-4)15(10(2)20-3)11-9-13(16)19-14(18-11)7-8-17-19/h6-9H,5H2,1-4H3/b12-6+,15-10+. The molecule has 0 saturated carbocycles. The van der Waals surface area contributed by atoms with Gasteiger partial charge in [0, 0.05) is 12.1 Å². The number of hydrogen-bond donors (Lipinski definition) is 0. The minimum atomic E-state index is 0.480. The van der Waals surface area contributed by atoms with Gasteiger partial charge in [0.25, 0.3) is 0 Å². The number of rotatable bonds is 5. The SMILES string of the molecule is CC/C=C(OC)\C(=C(/C)OC)c1cc(Cl)n2nccc2n1. The average Bonchev–Trinajstić information content (AvgIpc) is 2.95. The van der Waals surface area contributed by atoms with Gasteiger partial charge in [0.1, 0.15) is 16.7 Å². The minimum absolute atomic E-state index is 0.480. The average molecular weight is 308 g/mol. The second kappa shape index (κ2) is 6.63. The number of methoxy groups -OCH3 is 2. The Labute approximate surface area is 128 Å². The van der Waals surface area contributed by atoms with E-state index in [2.05, 4.69) is 10.1 Å². The van der Waals surface area contributed by atoms with Gasteiger partial charge in [-0.3, -0.25) is 0 Å². The van der Waals surface area contributed by atoms with Crippen LogP contribution in [0.5, 0.6) is 0 Å². The van der Waals surface area contributed by atoms with Crippen LogP contribution < -0.4 is 0 Å². The molecule has 0 fully saturated rings. The normalized spacial score (nSPS) is 13.3. The highest BCUT2D eigenvalue weighted by Gasteiger charge is 2.17. The number of fused-ring (bicyclic) bond motifs is 1. The summed E-state index contributed by atoms with van der Waals surface area (Å²) in [5.41, 5.74) is 2.15. The van der Waals surface area contributed by atoms with E-state index in [0.717, 1.165) is 12.0 Å². The Morgan fingerprint density at radius 1 is 1.38 bits per heavy atom. The summed E-state index contributed by atoms with van der Waals surface area (Å²) in [6.45, 7) is 3.91. The van der Waals surface area contributed by atoms with Crippen LogP contribution in [0.2, 0.25) is 5.15 Å². The van der Waals surface area contributed by atoms with Crippen molar-refractivity contribution in [2.45, 2.75) is 20.3 Å². The van der Waals surface area contributed by atoms with Crippen LogP contribution >= 0.6 is 11.6 Å². The summed E-state index contributed by atoms with van der Waals surface area (Å²) in [4.78, 5) is 4.57. The van der Waals surface area contributed by atoms with Crippen LogP contribution in [0.15, 0.2) is 35.9 Å². The van der Waals surface area contributed by atoms with Crippen molar-refractivity contribution in [3.63, 3.8) is 0 Å². The van der Waals surface area contributed by atoms with Crippen LogP contribution in [-0.4, -0.2) is 28.8 Å². The third kappa shape index (κ3) is 3.03. The quantitative estimate of drug-likeness (QED) is 0.480. The van der Waals surface area contributed by atoms with Gasteiger partial charge in [-0.05, 0) is 19.4 Å². The zero-order valence-electron chi connectivity index (χ0n) is 12.6. The molecule has 0 spiro atoms. The maximum absolute atomic E-state index is 6.26. The Balaban J connectivity index is 2.67. The lowest BCUT2D eigenvalue weighted by molar-refractivity contribution is 0.282. The molecule has 21 heavy (non-hydrogen) atoms. The van der Waals surface area contributed by atoms with Crippen LogP contribution in [0.1, 0.15) is 26.0 Å². The molecular formula is C15H18ClN3O2. The van der Waals surface area contributed by atoms with E-state index in [4.69, 9.17) is 21.1 Å². The fourth-order valence-electron chi connectivity index (χ4n) is 2.06. The molecule has 0 unspecified atom stereocenters. The van der Waals surface area contributed by atoms with E-state index in [1.165, 1.54) is 0 Å². The highest BCUT2D eigenvalue weighted by molar-refractivity contribution is 6.29.